The lowest BCUT2D eigenvalue weighted by Crippen LogP contribution is -2.17. The lowest BCUT2D eigenvalue weighted by atomic mass is 9.74. The number of rotatable bonds is 3. The molecule has 4 rings (SSSR count). The molecular weight excluding hydrogens is 292 g/mol. The van der Waals surface area contributed by atoms with Crippen molar-refractivity contribution in [3.8, 4) is 5.75 Å². The molecular formula is C23H26O. The van der Waals surface area contributed by atoms with Crippen molar-refractivity contribution in [2.24, 2.45) is 0 Å². The monoisotopic (exact) mass is 318 g/mol. The van der Waals surface area contributed by atoms with E-state index in [0.717, 1.165) is 18.6 Å². The zero-order valence-electron chi connectivity index (χ0n) is 14.6. The molecule has 0 radical (unpaired) electrons. The molecule has 0 N–H and O–H groups in total. The molecule has 1 saturated carbocycles. The van der Waals surface area contributed by atoms with Gasteiger partial charge in [0.2, 0.25) is 0 Å². The Labute approximate surface area is 145 Å². The van der Waals surface area contributed by atoms with E-state index in [4.69, 9.17) is 4.74 Å². The van der Waals surface area contributed by atoms with E-state index >= 15 is 0 Å². The molecule has 124 valence electrons. The third-order valence-corrected chi connectivity index (χ3v) is 5.75. The van der Waals surface area contributed by atoms with Crippen molar-refractivity contribution in [1.82, 2.24) is 0 Å². The summed E-state index contributed by atoms with van der Waals surface area (Å²) in [5, 5.41) is 0. The van der Waals surface area contributed by atoms with E-state index in [2.05, 4.69) is 48.5 Å². The summed E-state index contributed by atoms with van der Waals surface area (Å²) < 4.78 is 5.45. The van der Waals surface area contributed by atoms with Crippen LogP contribution in [0, 0.1) is 0 Å². The van der Waals surface area contributed by atoms with Crippen LogP contribution in [0.1, 0.15) is 54.7 Å². The summed E-state index contributed by atoms with van der Waals surface area (Å²) in [6, 6.07) is 17.7. The van der Waals surface area contributed by atoms with Crippen molar-refractivity contribution in [3.63, 3.8) is 0 Å². The third kappa shape index (κ3) is 3.00. The zero-order chi connectivity index (χ0) is 16.4. The van der Waals surface area contributed by atoms with Crippen LogP contribution in [-0.4, -0.2) is 7.11 Å². The van der Waals surface area contributed by atoms with E-state index < -0.39 is 0 Å². The van der Waals surface area contributed by atoms with Gasteiger partial charge in [0.25, 0.3) is 0 Å². The average Bonchev–Trinajstić information content (AvgIpc) is 3.17. The van der Waals surface area contributed by atoms with Crippen LogP contribution in [0.15, 0.2) is 59.7 Å². The van der Waals surface area contributed by atoms with Gasteiger partial charge in [-0.3, -0.25) is 0 Å². The van der Waals surface area contributed by atoms with Crippen LogP contribution in [0.3, 0.4) is 0 Å². The van der Waals surface area contributed by atoms with Gasteiger partial charge < -0.3 is 4.74 Å². The number of ether oxygens (including phenoxy) is 1. The number of hydrogen-bond acceptors (Lipinski definition) is 1. The van der Waals surface area contributed by atoms with Gasteiger partial charge in [-0.15, -0.1) is 0 Å². The van der Waals surface area contributed by atoms with E-state index in [1.807, 2.05) is 0 Å². The molecule has 2 aromatic carbocycles. The van der Waals surface area contributed by atoms with Crippen molar-refractivity contribution in [3.05, 3.63) is 76.4 Å². The summed E-state index contributed by atoms with van der Waals surface area (Å²) in [6.07, 6.45) is 8.93. The van der Waals surface area contributed by atoms with Crippen molar-refractivity contribution < 1.29 is 4.74 Å². The smallest absolute Gasteiger partial charge is 0.119 e. The van der Waals surface area contributed by atoms with E-state index in [-0.39, 0.29) is 0 Å². The summed E-state index contributed by atoms with van der Waals surface area (Å²) in [4.78, 5) is 0. The van der Waals surface area contributed by atoms with Gasteiger partial charge in [0.15, 0.2) is 0 Å². The van der Waals surface area contributed by atoms with E-state index in [9.17, 15) is 0 Å². The Hall–Kier alpha value is -2.02. The highest BCUT2D eigenvalue weighted by Gasteiger charge is 2.28. The average molecular weight is 318 g/mol. The largest absolute Gasteiger partial charge is 0.497 e. The maximum Gasteiger partial charge on any atom is 0.119 e. The molecule has 24 heavy (non-hydrogen) atoms. The van der Waals surface area contributed by atoms with Crippen LogP contribution in [-0.2, 0) is 12.8 Å². The minimum Gasteiger partial charge on any atom is -0.497 e. The number of hydrogen-bond donors (Lipinski definition) is 0. The lowest BCUT2D eigenvalue weighted by molar-refractivity contribution is 0.413. The van der Waals surface area contributed by atoms with Gasteiger partial charge in [-0.05, 0) is 73.8 Å². The first-order chi connectivity index (χ1) is 11.8. The Morgan fingerprint density at radius 1 is 0.917 bits per heavy atom. The summed E-state index contributed by atoms with van der Waals surface area (Å²) in [5.74, 6) is 1.54. The standard InChI is InChI=1S/C23H26O/c1-24-20-12-14-22-19(16-20)11-13-21(18-9-5-6-10-18)23(22)15-17-7-3-2-4-8-17/h2-4,7-8,12,14,16,23H,5-6,9-11,13,15H2,1H3. The predicted molar refractivity (Wildman–Crippen MR) is 99.7 cm³/mol. The van der Waals surface area contributed by atoms with Gasteiger partial charge in [0, 0.05) is 5.92 Å². The fraction of sp³-hybridized carbons (Fsp3) is 0.391. The molecule has 0 amide bonds. The molecule has 1 nitrogen and oxygen atoms in total. The second kappa shape index (κ2) is 6.84. The molecule has 2 aliphatic rings. The topological polar surface area (TPSA) is 9.23 Å². The first-order valence-corrected chi connectivity index (χ1v) is 9.26. The Balaban J connectivity index is 1.75. The van der Waals surface area contributed by atoms with Crippen LogP contribution in [0.5, 0.6) is 5.75 Å². The number of methoxy groups -OCH3 is 1. The molecule has 0 saturated heterocycles. The molecule has 1 atom stereocenters. The van der Waals surface area contributed by atoms with Gasteiger partial charge >= 0.3 is 0 Å². The first-order valence-electron chi connectivity index (χ1n) is 9.26. The van der Waals surface area contributed by atoms with Crippen molar-refractivity contribution in [2.75, 3.05) is 7.11 Å². The summed E-state index contributed by atoms with van der Waals surface area (Å²) in [5.41, 5.74) is 7.96. The molecule has 1 unspecified atom stereocenters. The Morgan fingerprint density at radius 3 is 2.46 bits per heavy atom. The summed E-state index contributed by atoms with van der Waals surface area (Å²) >= 11 is 0. The highest BCUT2D eigenvalue weighted by molar-refractivity contribution is 5.47. The second-order valence-electron chi connectivity index (χ2n) is 7.14. The third-order valence-electron chi connectivity index (χ3n) is 5.75. The van der Waals surface area contributed by atoms with Crippen molar-refractivity contribution in [2.45, 2.75) is 50.9 Å². The predicted octanol–water partition coefficient (Wildman–Crippen LogP) is 5.84. The molecule has 0 aliphatic heterocycles. The zero-order valence-corrected chi connectivity index (χ0v) is 14.6. The van der Waals surface area contributed by atoms with Crippen molar-refractivity contribution >= 4 is 0 Å². The van der Waals surface area contributed by atoms with E-state index in [0.29, 0.717) is 5.92 Å². The Bertz CT molecular complexity index is 734. The quantitative estimate of drug-likeness (QED) is 0.646. The molecule has 2 aliphatic carbocycles. The van der Waals surface area contributed by atoms with E-state index in [1.165, 1.54) is 48.8 Å². The fourth-order valence-electron chi connectivity index (χ4n) is 4.53. The molecule has 0 heterocycles. The highest BCUT2D eigenvalue weighted by Crippen LogP contribution is 2.44. The summed E-state index contributed by atoms with van der Waals surface area (Å²) in [7, 11) is 1.76. The molecule has 2 aromatic rings. The number of fused-ring (bicyclic) bond motifs is 1. The minimum absolute atomic E-state index is 0.551. The highest BCUT2D eigenvalue weighted by atomic mass is 16.5. The SMILES string of the molecule is COc1ccc2c(c1)CCC(=C1CCCC1)C2Cc1ccccc1. The molecule has 1 heteroatoms. The van der Waals surface area contributed by atoms with Crippen LogP contribution in [0.2, 0.25) is 0 Å². The van der Waals surface area contributed by atoms with Crippen LogP contribution in [0.4, 0.5) is 0 Å². The molecule has 0 aromatic heterocycles. The maximum absolute atomic E-state index is 5.45. The molecule has 0 bridgehead atoms. The van der Waals surface area contributed by atoms with Gasteiger partial charge in [-0.2, -0.15) is 0 Å². The first kappa shape index (κ1) is 15.5. The molecule has 0 spiro atoms. The van der Waals surface area contributed by atoms with Gasteiger partial charge in [-0.1, -0.05) is 47.5 Å². The van der Waals surface area contributed by atoms with Crippen LogP contribution >= 0.6 is 0 Å². The fourth-order valence-corrected chi connectivity index (χ4v) is 4.53. The Morgan fingerprint density at radius 2 is 1.71 bits per heavy atom. The lowest BCUT2D eigenvalue weighted by Gasteiger charge is -2.31. The second-order valence-corrected chi connectivity index (χ2v) is 7.14. The van der Waals surface area contributed by atoms with Crippen LogP contribution in [0.25, 0.3) is 0 Å². The summed E-state index contributed by atoms with van der Waals surface area (Å²) in [6.45, 7) is 0. The van der Waals surface area contributed by atoms with E-state index in [1.54, 1.807) is 18.3 Å². The number of benzene rings is 2. The Kier molecular flexibility index (Phi) is 4.42. The normalized spacial score (nSPS) is 20.1. The van der Waals surface area contributed by atoms with Gasteiger partial charge in [0.1, 0.15) is 5.75 Å². The van der Waals surface area contributed by atoms with Crippen LogP contribution < -0.4 is 4.74 Å². The van der Waals surface area contributed by atoms with Crippen molar-refractivity contribution in [1.29, 1.82) is 0 Å². The number of aryl methyl sites for hydroxylation is 1. The number of allylic oxidation sites excluding steroid dienone is 2. The van der Waals surface area contributed by atoms with Gasteiger partial charge in [-0.25, -0.2) is 0 Å². The van der Waals surface area contributed by atoms with Gasteiger partial charge in [0.05, 0.1) is 7.11 Å². The maximum atomic E-state index is 5.45. The minimum atomic E-state index is 0.551. The molecule has 1 fully saturated rings.